The van der Waals surface area contributed by atoms with Crippen LogP contribution in [0.25, 0.3) is 0 Å². The Hall–Kier alpha value is -1.33. The topological polar surface area (TPSA) is 112 Å². The third-order valence-electron chi connectivity index (χ3n) is 0. The Labute approximate surface area is 37.9 Å². The molecule has 0 aliphatic rings. The van der Waals surface area contributed by atoms with E-state index in [1.54, 1.807) is 0 Å². The molecule has 6 heteroatoms. The van der Waals surface area contributed by atoms with Gasteiger partial charge in [0.2, 0.25) is 0 Å². The highest BCUT2D eigenvalue weighted by atomic mass is 16.6. The fourth-order valence-electron chi connectivity index (χ4n) is 0. The van der Waals surface area contributed by atoms with Crippen molar-refractivity contribution in [1.29, 1.82) is 0 Å². The first-order chi connectivity index (χ1) is 3.15. The molecule has 0 aliphatic heterocycles. The molecule has 0 saturated heterocycles. The molecule has 0 bridgehead atoms. The summed E-state index contributed by atoms with van der Waals surface area (Å²) in [6.45, 7) is 0. The Kier molecular flexibility index (Phi) is 11.6. The van der Waals surface area contributed by atoms with Crippen LogP contribution in [-0.2, 0) is 0 Å². The van der Waals surface area contributed by atoms with Crippen LogP contribution in [0.15, 0.2) is 0 Å². The van der Waals surface area contributed by atoms with Crippen molar-refractivity contribution < 1.29 is 20.3 Å². The maximum absolute atomic E-state index is 8.56. The molecule has 3 N–H and O–H groups in total. The molecule has 0 aromatic heterocycles. The van der Waals surface area contributed by atoms with Gasteiger partial charge in [0.05, 0.1) is 0 Å². The van der Waals surface area contributed by atoms with Crippen LogP contribution in [0.2, 0.25) is 0 Å². The van der Waals surface area contributed by atoms with E-state index in [4.69, 9.17) is 25.1 Å². The Balaban J connectivity index is 0. The molecular weight excluding hydrogens is 106 g/mol. The Morgan fingerprint density at radius 2 is 1.57 bits per heavy atom. The largest absolute Gasteiger partial charge is 0.503 e. The maximum Gasteiger partial charge on any atom is 0.503 e. The summed E-state index contributed by atoms with van der Waals surface area (Å²) in [4.78, 5) is 16.7. The summed E-state index contributed by atoms with van der Waals surface area (Å²) >= 11 is 0. The van der Waals surface area contributed by atoms with Crippen molar-refractivity contribution in [3.63, 3.8) is 0 Å². The molecule has 6 nitrogen and oxygen atoms in total. The molecule has 0 amide bonds. The van der Waals surface area contributed by atoms with Crippen LogP contribution in [0.4, 0.5) is 4.79 Å². The molecule has 0 aromatic rings. The number of hydrogen-bond acceptors (Lipinski definition) is 3. The molecule has 0 aliphatic carbocycles. The van der Waals surface area contributed by atoms with Crippen molar-refractivity contribution in [2.75, 3.05) is 0 Å². The number of carbonyl (C=O) groups is 1. The lowest BCUT2D eigenvalue weighted by Gasteiger charge is -1.60. The summed E-state index contributed by atoms with van der Waals surface area (Å²) in [5, 5.41) is 22.3. The van der Waals surface area contributed by atoms with Crippen molar-refractivity contribution >= 4 is 6.16 Å². The summed E-state index contributed by atoms with van der Waals surface area (Å²) in [6.07, 6.45) is -1.83. The number of rotatable bonds is 0. The molecule has 0 atom stereocenters. The van der Waals surface area contributed by atoms with E-state index in [2.05, 4.69) is 0 Å². The maximum atomic E-state index is 8.56. The second-order valence-corrected chi connectivity index (χ2v) is 0.366. The summed E-state index contributed by atoms with van der Waals surface area (Å²) in [5.74, 6) is 0. The zero-order valence-electron chi connectivity index (χ0n) is 3.12. The van der Waals surface area contributed by atoms with Crippen molar-refractivity contribution in [1.82, 2.24) is 0 Å². The predicted octanol–water partition coefficient (Wildman–Crippen LogP) is -1.45. The van der Waals surface area contributed by atoms with Crippen LogP contribution in [0, 0.1) is 10.1 Å². The van der Waals surface area contributed by atoms with Gasteiger partial charge < -0.3 is 10.2 Å². The highest BCUT2D eigenvalue weighted by Gasteiger charge is 1.70. The van der Waals surface area contributed by atoms with Crippen LogP contribution < -0.4 is 5.34 Å². The van der Waals surface area contributed by atoms with Gasteiger partial charge in [-0.25, -0.2) is 4.79 Å². The average Bonchev–Trinajstić information content (AvgIpc) is 1.33. The molecule has 0 unspecified atom stereocenters. The number of hydrogen-bond donors (Lipinski definition) is 3. The van der Waals surface area contributed by atoms with Gasteiger partial charge in [0, 0.05) is 5.34 Å². The van der Waals surface area contributed by atoms with Gasteiger partial charge in [0.25, 0.3) is 0 Å². The zero-order valence-corrected chi connectivity index (χ0v) is 3.12. The van der Waals surface area contributed by atoms with Crippen molar-refractivity contribution in [2.24, 2.45) is 0 Å². The highest BCUT2D eigenvalue weighted by molar-refractivity contribution is 5.53. The third-order valence-corrected chi connectivity index (χ3v) is 0. The first-order valence-electron chi connectivity index (χ1n) is 1.06. The molecule has 0 fully saturated rings. The van der Waals surface area contributed by atoms with Gasteiger partial charge >= 0.3 is 6.16 Å². The van der Waals surface area contributed by atoms with Crippen molar-refractivity contribution in [2.45, 2.75) is 0 Å². The fraction of sp³-hybridized carbons (Fsp3) is 0. The number of nitrogens with one attached hydrogen (secondary N) is 1. The number of carboxylic acid groups (broad SMARTS) is 2. The molecule has 0 radical (unpaired) electrons. The molecule has 0 rings (SSSR count). The van der Waals surface area contributed by atoms with Gasteiger partial charge in [0.15, 0.2) is 0 Å². The predicted molar refractivity (Wildman–Crippen MR) is 18.4 cm³/mol. The Bertz CT molecular complexity index is 55.1. The van der Waals surface area contributed by atoms with E-state index >= 15 is 0 Å². The molecule has 42 valence electrons. The summed E-state index contributed by atoms with van der Waals surface area (Å²) < 4.78 is 0. The fourth-order valence-corrected chi connectivity index (χ4v) is 0. The van der Waals surface area contributed by atoms with Crippen LogP contribution in [0.1, 0.15) is 0 Å². The summed E-state index contributed by atoms with van der Waals surface area (Å²) in [7, 11) is 0. The SMILES string of the molecule is O=C(O)O.O=[NH+][O-]. The minimum absolute atomic E-state index is 0.250. The average molecular weight is 109 g/mol. The lowest BCUT2D eigenvalue weighted by Crippen LogP contribution is -2.53. The van der Waals surface area contributed by atoms with Gasteiger partial charge in [-0.2, -0.15) is 0 Å². The van der Waals surface area contributed by atoms with Gasteiger partial charge in [-0.05, 0) is 0 Å². The Morgan fingerprint density at radius 1 is 1.57 bits per heavy atom. The molecular formula is CH3NO5. The van der Waals surface area contributed by atoms with E-state index in [0.29, 0.717) is 0 Å². The van der Waals surface area contributed by atoms with Crippen LogP contribution in [0.5, 0.6) is 0 Å². The van der Waals surface area contributed by atoms with E-state index in [1.807, 2.05) is 0 Å². The minimum Gasteiger partial charge on any atom is -0.450 e. The first-order valence-corrected chi connectivity index (χ1v) is 1.06. The van der Waals surface area contributed by atoms with Crippen LogP contribution >= 0.6 is 0 Å². The van der Waals surface area contributed by atoms with E-state index in [-0.39, 0.29) is 5.34 Å². The van der Waals surface area contributed by atoms with Gasteiger partial charge in [-0.15, -0.1) is 0 Å². The van der Waals surface area contributed by atoms with E-state index < -0.39 is 6.16 Å². The molecule has 0 aromatic carbocycles. The summed E-state index contributed by atoms with van der Waals surface area (Å²) in [6, 6.07) is 0. The minimum atomic E-state index is -1.83. The van der Waals surface area contributed by atoms with Crippen LogP contribution in [0.3, 0.4) is 0 Å². The normalized spacial score (nSPS) is 5.14. The highest BCUT2D eigenvalue weighted by Crippen LogP contribution is 1.42. The molecule has 0 spiro atoms. The third kappa shape index (κ3) is 18.8. The van der Waals surface area contributed by atoms with E-state index in [0.717, 1.165) is 0 Å². The smallest absolute Gasteiger partial charge is 0.450 e. The van der Waals surface area contributed by atoms with Crippen LogP contribution in [-0.4, -0.2) is 16.4 Å². The summed E-state index contributed by atoms with van der Waals surface area (Å²) in [5.41, 5.74) is 0. The van der Waals surface area contributed by atoms with Gasteiger partial charge in [-0.3, -0.25) is 10.1 Å². The van der Waals surface area contributed by atoms with Crippen molar-refractivity contribution in [3.05, 3.63) is 10.1 Å². The van der Waals surface area contributed by atoms with Crippen molar-refractivity contribution in [3.8, 4) is 0 Å². The zero-order chi connectivity index (χ0) is 6.28. The molecule has 0 heterocycles. The molecule has 0 saturated carbocycles. The standard InChI is InChI=1S/CH2O3.HNO2/c2-1(3)4;2-1-3/h(H2,2,3,4);1H. The second-order valence-electron chi connectivity index (χ2n) is 0.366. The monoisotopic (exact) mass is 109 g/mol. The lowest BCUT2D eigenvalue weighted by atomic mass is 11.5. The van der Waals surface area contributed by atoms with E-state index in [9.17, 15) is 0 Å². The first kappa shape index (κ1) is 9.18. The second kappa shape index (κ2) is 8.82. The molecule has 7 heavy (non-hydrogen) atoms. The lowest BCUT2D eigenvalue weighted by molar-refractivity contribution is -0.398. The van der Waals surface area contributed by atoms with E-state index in [1.165, 1.54) is 0 Å². The quantitative estimate of drug-likeness (QED) is 0.260. The van der Waals surface area contributed by atoms with Gasteiger partial charge in [-0.1, -0.05) is 0 Å². The Morgan fingerprint density at radius 3 is 1.57 bits per heavy atom. The van der Waals surface area contributed by atoms with Gasteiger partial charge in [0.1, 0.15) is 0 Å².